The van der Waals surface area contributed by atoms with E-state index in [0.717, 1.165) is 5.56 Å². The van der Waals surface area contributed by atoms with Crippen LogP contribution in [0.15, 0.2) is 47.6 Å². The maximum atomic E-state index is 12.6. The number of carbonyl (C=O) groups excluding carboxylic acids is 1. The SMILES string of the molecule is CCn1c(SCc2ccc([N+](=O)[O-])cc2)nnc1[C@H](C)NC(=O)c1ccc(Cl)cc1Cl. The van der Waals surface area contributed by atoms with Crippen molar-refractivity contribution in [2.45, 2.75) is 37.3 Å². The minimum absolute atomic E-state index is 0.0538. The molecule has 0 bridgehead atoms. The topological polar surface area (TPSA) is 103 Å². The van der Waals surface area contributed by atoms with E-state index in [1.807, 2.05) is 18.4 Å². The minimum atomic E-state index is -0.427. The maximum absolute atomic E-state index is 12.6. The van der Waals surface area contributed by atoms with Gasteiger partial charge in [-0.05, 0) is 37.6 Å². The number of nitro benzene ring substituents is 1. The molecular formula is C20H19Cl2N5O3S. The van der Waals surface area contributed by atoms with Crippen molar-refractivity contribution in [3.8, 4) is 0 Å². The zero-order valence-electron chi connectivity index (χ0n) is 16.7. The van der Waals surface area contributed by atoms with Crippen LogP contribution in [0.5, 0.6) is 0 Å². The van der Waals surface area contributed by atoms with Gasteiger partial charge in [0.05, 0.1) is 21.6 Å². The van der Waals surface area contributed by atoms with E-state index in [0.29, 0.717) is 33.9 Å². The highest BCUT2D eigenvalue weighted by molar-refractivity contribution is 7.98. The molecule has 0 saturated carbocycles. The van der Waals surface area contributed by atoms with Crippen molar-refractivity contribution in [3.63, 3.8) is 0 Å². The lowest BCUT2D eigenvalue weighted by molar-refractivity contribution is -0.384. The van der Waals surface area contributed by atoms with Crippen LogP contribution in [0.2, 0.25) is 10.0 Å². The zero-order chi connectivity index (χ0) is 22.5. The molecule has 162 valence electrons. The molecule has 0 aliphatic carbocycles. The second kappa shape index (κ2) is 10.1. The van der Waals surface area contributed by atoms with Gasteiger partial charge in [-0.15, -0.1) is 10.2 Å². The number of halogens is 2. The van der Waals surface area contributed by atoms with Crippen LogP contribution < -0.4 is 5.32 Å². The van der Waals surface area contributed by atoms with Crippen molar-refractivity contribution in [2.24, 2.45) is 0 Å². The van der Waals surface area contributed by atoms with Crippen molar-refractivity contribution in [1.82, 2.24) is 20.1 Å². The van der Waals surface area contributed by atoms with Crippen molar-refractivity contribution in [1.29, 1.82) is 0 Å². The van der Waals surface area contributed by atoms with Crippen LogP contribution in [0, 0.1) is 10.1 Å². The standard InChI is InChI=1S/C20H19Cl2N5O3S/c1-3-26-18(12(2)23-19(28)16-9-6-14(21)10-17(16)22)24-25-20(26)31-11-13-4-7-15(8-5-13)27(29)30/h4-10,12H,3,11H2,1-2H3,(H,23,28)/t12-/m0/s1. The lowest BCUT2D eigenvalue weighted by Crippen LogP contribution is -2.29. The Morgan fingerprint density at radius 3 is 2.55 bits per heavy atom. The van der Waals surface area contributed by atoms with Crippen molar-refractivity contribution in [3.05, 3.63) is 79.6 Å². The normalized spacial score (nSPS) is 11.9. The highest BCUT2D eigenvalue weighted by Gasteiger charge is 2.21. The second-order valence-corrected chi connectivity index (χ2v) is 8.40. The molecule has 0 fully saturated rings. The van der Waals surface area contributed by atoms with E-state index in [1.165, 1.54) is 30.0 Å². The van der Waals surface area contributed by atoms with Crippen molar-refractivity contribution in [2.75, 3.05) is 0 Å². The first-order chi connectivity index (χ1) is 14.8. The number of non-ortho nitro benzene ring substituents is 1. The molecule has 1 heterocycles. The molecule has 1 N–H and O–H groups in total. The number of aromatic nitrogens is 3. The molecule has 1 atom stereocenters. The van der Waals surface area contributed by atoms with E-state index >= 15 is 0 Å². The summed E-state index contributed by atoms with van der Waals surface area (Å²) >= 11 is 13.5. The average molecular weight is 480 g/mol. The third-order valence-electron chi connectivity index (χ3n) is 4.49. The summed E-state index contributed by atoms with van der Waals surface area (Å²) in [5.41, 5.74) is 1.31. The Labute approximate surface area is 193 Å². The number of hydrogen-bond donors (Lipinski definition) is 1. The molecule has 1 amide bonds. The predicted molar refractivity (Wildman–Crippen MR) is 121 cm³/mol. The van der Waals surface area contributed by atoms with Gasteiger partial charge in [-0.25, -0.2) is 0 Å². The zero-order valence-corrected chi connectivity index (χ0v) is 19.0. The minimum Gasteiger partial charge on any atom is -0.342 e. The Kier molecular flexibility index (Phi) is 7.53. The number of rotatable bonds is 8. The number of benzene rings is 2. The van der Waals surface area contributed by atoms with Gasteiger partial charge in [-0.3, -0.25) is 14.9 Å². The number of thioether (sulfide) groups is 1. The molecule has 0 aliphatic rings. The maximum Gasteiger partial charge on any atom is 0.269 e. The Morgan fingerprint density at radius 2 is 1.94 bits per heavy atom. The fraction of sp³-hybridized carbons (Fsp3) is 0.250. The first-order valence-electron chi connectivity index (χ1n) is 9.35. The third-order valence-corrected chi connectivity index (χ3v) is 6.07. The van der Waals surface area contributed by atoms with Crippen LogP contribution in [0.25, 0.3) is 0 Å². The lowest BCUT2D eigenvalue weighted by Gasteiger charge is -2.15. The van der Waals surface area contributed by atoms with Gasteiger partial charge in [0, 0.05) is 29.5 Å². The number of carbonyl (C=O) groups is 1. The van der Waals surface area contributed by atoms with Gasteiger partial charge < -0.3 is 9.88 Å². The number of amides is 1. The number of nitrogens with zero attached hydrogens (tertiary/aromatic N) is 4. The molecule has 0 aliphatic heterocycles. The molecule has 3 rings (SSSR count). The van der Waals surface area contributed by atoms with E-state index in [9.17, 15) is 14.9 Å². The monoisotopic (exact) mass is 479 g/mol. The van der Waals surface area contributed by atoms with E-state index in [-0.39, 0.29) is 16.6 Å². The van der Waals surface area contributed by atoms with Crippen LogP contribution in [-0.4, -0.2) is 25.6 Å². The smallest absolute Gasteiger partial charge is 0.269 e. The van der Waals surface area contributed by atoms with Gasteiger partial charge in [0.2, 0.25) is 0 Å². The summed E-state index contributed by atoms with van der Waals surface area (Å²) in [6, 6.07) is 10.7. The molecule has 0 radical (unpaired) electrons. The van der Waals surface area contributed by atoms with Gasteiger partial charge in [0.15, 0.2) is 11.0 Å². The molecule has 2 aromatic carbocycles. The summed E-state index contributed by atoms with van der Waals surface area (Å²) in [6.07, 6.45) is 0. The van der Waals surface area contributed by atoms with Gasteiger partial charge >= 0.3 is 0 Å². The fourth-order valence-corrected chi connectivity index (χ4v) is 4.36. The third kappa shape index (κ3) is 5.55. The molecular weight excluding hydrogens is 461 g/mol. The van der Waals surface area contributed by atoms with Gasteiger partial charge in [0.1, 0.15) is 0 Å². The predicted octanol–water partition coefficient (Wildman–Crippen LogP) is 5.30. The summed E-state index contributed by atoms with van der Waals surface area (Å²) < 4.78 is 1.92. The van der Waals surface area contributed by atoms with Gasteiger partial charge in [-0.2, -0.15) is 0 Å². The van der Waals surface area contributed by atoms with Crippen LogP contribution in [0.1, 0.15) is 41.6 Å². The summed E-state index contributed by atoms with van der Waals surface area (Å²) in [6.45, 7) is 4.41. The van der Waals surface area contributed by atoms with E-state index < -0.39 is 11.0 Å². The fourth-order valence-electron chi connectivity index (χ4n) is 2.90. The van der Waals surface area contributed by atoms with Crippen molar-refractivity contribution < 1.29 is 9.72 Å². The number of hydrogen-bond acceptors (Lipinski definition) is 6. The highest BCUT2D eigenvalue weighted by Crippen LogP contribution is 2.26. The van der Waals surface area contributed by atoms with E-state index in [4.69, 9.17) is 23.2 Å². The molecule has 0 unspecified atom stereocenters. The van der Waals surface area contributed by atoms with Crippen LogP contribution in [-0.2, 0) is 12.3 Å². The molecule has 8 nitrogen and oxygen atoms in total. The second-order valence-electron chi connectivity index (χ2n) is 6.62. The van der Waals surface area contributed by atoms with E-state index in [1.54, 1.807) is 24.3 Å². The lowest BCUT2D eigenvalue weighted by atomic mass is 10.2. The molecule has 0 spiro atoms. The summed E-state index contributed by atoms with van der Waals surface area (Å²) in [5.74, 6) is 0.865. The molecule has 11 heteroatoms. The number of nitro groups is 1. The first kappa shape index (κ1) is 23.1. The van der Waals surface area contributed by atoms with Crippen LogP contribution >= 0.6 is 35.0 Å². The van der Waals surface area contributed by atoms with Gasteiger partial charge in [-0.1, -0.05) is 47.1 Å². The van der Waals surface area contributed by atoms with Gasteiger partial charge in [0.25, 0.3) is 11.6 Å². The Balaban J connectivity index is 1.69. The Hall–Kier alpha value is -2.62. The summed E-state index contributed by atoms with van der Waals surface area (Å²) in [5, 5.41) is 23.6. The largest absolute Gasteiger partial charge is 0.342 e. The highest BCUT2D eigenvalue weighted by atomic mass is 35.5. The average Bonchev–Trinajstić information content (AvgIpc) is 3.15. The summed E-state index contributed by atoms with van der Waals surface area (Å²) in [7, 11) is 0. The van der Waals surface area contributed by atoms with Crippen molar-refractivity contribution >= 4 is 46.6 Å². The molecule has 3 aromatic rings. The molecule has 31 heavy (non-hydrogen) atoms. The quantitative estimate of drug-likeness (QED) is 0.267. The Bertz CT molecular complexity index is 1100. The van der Waals surface area contributed by atoms with Crippen LogP contribution in [0.3, 0.4) is 0 Å². The first-order valence-corrected chi connectivity index (χ1v) is 11.1. The number of nitrogens with one attached hydrogen (secondary N) is 1. The molecule has 0 saturated heterocycles. The van der Waals surface area contributed by atoms with E-state index in [2.05, 4.69) is 15.5 Å². The molecule has 1 aromatic heterocycles. The summed E-state index contributed by atoms with van der Waals surface area (Å²) in [4.78, 5) is 23.0. The van der Waals surface area contributed by atoms with Crippen LogP contribution in [0.4, 0.5) is 5.69 Å². The Morgan fingerprint density at radius 1 is 1.23 bits per heavy atom.